The molecule has 0 bridgehead atoms. The lowest BCUT2D eigenvalue weighted by Gasteiger charge is -2.34. The molecule has 1 amide bonds. The predicted molar refractivity (Wildman–Crippen MR) is 139 cm³/mol. The maximum atomic E-state index is 12.6. The summed E-state index contributed by atoms with van der Waals surface area (Å²) < 4.78 is 12.6. The summed E-state index contributed by atoms with van der Waals surface area (Å²) in [6, 6.07) is 13.5. The smallest absolute Gasteiger partial charge is 0.251 e. The first-order chi connectivity index (χ1) is 16.7. The summed E-state index contributed by atoms with van der Waals surface area (Å²) in [5.41, 5.74) is 1.59. The highest BCUT2D eigenvalue weighted by Gasteiger charge is 2.20. The molecule has 7 nitrogen and oxygen atoms in total. The Bertz CT molecular complexity index is 1080. The highest BCUT2D eigenvalue weighted by atomic mass is 32.1. The zero-order valence-electron chi connectivity index (χ0n) is 20.1. The average Bonchev–Trinajstić information content (AvgIpc) is 3.30. The number of nitrogens with one attached hydrogen (secondary N) is 1. The molecule has 1 aliphatic rings. The van der Waals surface area contributed by atoms with Crippen molar-refractivity contribution in [3.8, 4) is 11.5 Å². The average molecular weight is 483 g/mol. The zero-order valence-corrected chi connectivity index (χ0v) is 20.9. The minimum Gasteiger partial charge on any atom is -0.494 e. The Hall–Kier alpha value is -2.84. The van der Waals surface area contributed by atoms with Gasteiger partial charge in [0.05, 0.1) is 17.9 Å². The number of aromatic nitrogens is 1. The molecule has 0 unspecified atom stereocenters. The van der Waals surface area contributed by atoms with Crippen molar-refractivity contribution in [3.05, 3.63) is 48.0 Å². The second-order valence-electron chi connectivity index (χ2n) is 8.35. The molecule has 2 heterocycles. The van der Waals surface area contributed by atoms with Crippen LogP contribution in [0.5, 0.6) is 11.5 Å². The third kappa shape index (κ3) is 6.18. The van der Waals surface area contributed by atoms with Crippen LogP contribution in [0.15, 0.2) is 42.5 Å². The summed E-state index contributed by atoms with van der Waals surface area (Å²) in [6.07, 6.45) is 2.10. The summed E-state index contributed by atoms with van der Waals surface area (Å²) in [5.74, 6) is 1.55. The van der Waals surface area contributed by atoms with E-state index in [1.165, 1.54) is 0 Å². The molecule has 1 aliphatic heterocycles. The summed E-state index contributed by atoms with van der Waals surface area (Å²) in [6.45, 7) is 10.6. The van der Waals surface area contributed by atoms with Gasteiger partial charge in [0.1, 0.15) is 17.0 Å². The van der Waals surface area contributed by atoms with Crippen LogP contribution in [-0.2, 0) is 0 Å². The predicted octanol–water partition coefficient (Wildman–Crippen LogP) is 4.43. The van der Waals surface area contributed by atoms with Gasteiger partial charge in [-0.2, -0.15) is 0 Å². The summed E-state index contributed by atoms with van der Waals surface area (Å²) in [7, 11) is 0. The number of nitrogens with zero attached hydrogens (tertiary/aromatic N) is 3. The molecule has 0 saturated carbocycles. The van der Waals surface area contributed by atoms with Crippen molar-refractivity contribution >= 4 is 32.6 Å². The lowest BCUT2D eigenvalue weighted by Crippen LogP contribution is -2.48. The number of para-hydroxylation sites is 1. The number of anilines is 1. The lowest BCUT2D eigenvalue weighted by atomic mass is 10.2. The molecule has 4 rings (SSSR count). The van der Waals surface area contributed by atoms with Gasteiger partial charge in [-0.25, -0.2) is 4.98 Å². The number of rotatable bonds is 11. The molecule has 0 aliphatic carbocycles. The maximum absolute atomic E-state index is 12.6. The van der Waals surface area contributed by atoms with Crippen LogP contribution in [0.4, 0.5) is 5.13 Å². The standard InChI is InChI=1S/C26H34N4O3S/c1-3-5-18-33-21-9-6-8-20(19-21)25(31)27-12-13-29-14-16-30(17-15-29)26-28-24-22(32-4-2)10-7-11-23(24)34-26/h6-11,19H,3-5,12-18H2,1-2H3,(H,27,31). The molecule has 0 spiro atoms. The first-order valence-electron chi connectivity index (χ1n) is 12.2. The van der Waals surface area contributed by atoms with Crippen LogP contribution in [0.25, 0.3) is 10.2 Å². The van der Waals surface area contributed by atoms with Crippen molar-refractivity contribution < 1.29 is 14.3 Å². The Kier molecular flexibility index (Phi) is 8.60. The number of hydrogen-bond acceptors (Lipinski definition) is 7. The maximum Gasteiger partial charge on any atom is 0.251 e. The molecule has 34 heavy (non-hydrogen) atoms. The number of carbonyl (C=O) groups excluding carboxylic acids is 1. The molecule has 3 aromatic rings. The van der Waals surface area contributed by atoms with Crippen LogP contribution < -0.4 is 19.7 Å². The van der Waals surface area contributed by atoms with E-state index in [2.05, 4.69) is 28.1 Å². The van der Waals surface area contributed by atoms with Gasteiger partial charge in [-0.15, -0.1) is 0 Å². The van der Waals surface area contributed by atoms with E-state index in [1.54, 1.807) is 11.3 Å². The summed E-state index contributed by atoms with van der Waals surface area (Å²) >= 11 is 1.72. The SMILES string of the molecule is CCCCOc1cccc(C(=O)NCCN2CCN(c3nc4c(OCC)cccc4s3)CC2)c1. The largest absolute Gasteiger partial charge is 0.494 e. The Morgan fingerprint density at radius 2 is 1.91 bits per heavy atom. The Morgan fingerprint density at radius 1 is 1.09 bits per heavy atom. The van der Waals surface area contributed by atoms with E-state index in [0.29, 0.717) is 25.3 Å². The van der Waals surface area contributed by atoms with Crippen LogP contribution in [-0.4, -0.2) is 68.3 Å². The number of unbranched alkanes of at least 4 members (excludes halogenated alkanes) is 1. The molecule has 1 aromatic heterocycles. The minimum absolute atomic E-state index is 0.0563. The Balaban J connectivity index is 1.23. The van der Waals surface area contributed by atoms with Gasteiger partial charge < -0.3 is 19.7 Å². The van der Waals surface area contributed by atoms with Gasteiger partial charge in [-0.1, -0.05) is 36.8 Å². The summed E-state index contributed by atoms with van der Waals surface area (Å²) in [5, 5.41) is 4.10. The lowest BCUT2D eigenvalue weighted by molar-refractivity contribution is 0.0947. The Labute approximate surface area is 205 Å². The quantitative estimate of drug-likeness (QED) is 0.408. The monoisotopic (exact) mass is 482 g/mol. The van der Waals surface area contributed by atoms with Crippen LogP contribution in [0.1, 0.15) is 37.0 Å². The molecule has 0 atom stereocenters. The molecule has 2 aromatic carbocycles. The van der Waals surface area contributed by atoms with Gasteiger partial charge >= 0.3 is 0 Å². The van der Waals surface area contributed by atoms with Gasteiger partial charge in [-0.05, 0) is 43.7 Å². The van der Waals surface area contributed by atoms with E-state index in [0.717, 1.165) is 72.4 Å². The zero-order chi connectivity index (χ0) is 23.8. The van der Waals surface area contributed by atoms with Crippen LogP contribution in [0.2, 0.25) is 0 Å². The fourth-order valence-corrected chi connectivity index (χ4v) is 5.01. The Morgan fingerprint density at radius 3 is 2.71 bits per heavy atom. The van der Waals surface area contributed by atoms with Crippen molar-refractivity contribution in [2.45, 2.75) is 26.7 Å². The van der Waals surface area contributed by atoms with Gasteiger partial charge in [0, 0.05) is 44.8 Å². The van der Waals surface area contributed by atoms with Gasteiger partial charge in [0.2, 0.25) is 0 Å². The van der Waals surface area contributed by atoms with Crippen molar-refractivity contribution in [2.24, 2.45) is 0 Å². The van der Waals surface area contributed by atoms with E-state index in [9.17, 15) is 4.79 Å². The number of piperazine rings is 1. The third-order valence-electron chi connectivity index (χ3n) is 5.89. The van der Waals surface area contributed by atoms with Crippen molar-refractivity contribution in [1.82, 2.24) is 15.2 Å². The normalized spacial score (nSPS) is 14.4. The van der Waals surface area contributed by atoms with Gasteiger partial charge in [0.25, 0.3) is 5.91 Å². The number of thiazole rings is 1. The van der Waals surface area contributed by atoms with E-state index < -0.39 is 0 Å². The van der Waals surface area contributed by atoms with E-state index in [4.69, 9.17) is 14.5 Å². The second-order valence-corrected chi connectivity index (χ2v) is 9.36. The van der Waals surface area contributed by atoms with Crippen LogP contribution in [0.3, 0.4) is 0 Å². The van der Waals surface area contributed by atoms with Crippen molar-refractivity contribution in [2.75, 3.05) is 57.4 Å². The van der Waals surface area contributed by atoms with Gasteiger partial charge in [0.15, 0.2) is 5.13 Å². The number of amides is 1. The van der Waals surface area contributed by atoms with Crippen molar-refractivity contribution in [3.63, 3.8) is 0 Å². The van der Waals surface area contributed by atoms with Crippen LogP contribution >= 0.6 is 11.3 Å². The first kappa shape index (κ1) is 24.3. The van der Waals surface area contributed by atoms with E-state index in [1.807, 2.05) is 43.3 Å². The molecule has 1 N–H and O–H groups in total. The highest BCUT2D eigenvalue weighted by molar-refractivity contribution is 7.22. The number of carbonyl (C=O) groups is 1. The fourth-order valence-electron chi connectivity index (χ4n) is 3.97. The van der Waals surface area contributed by atoms with Crippen molar-refractivity contribution in [1.29, 1.82) is 0 Å². The minimum atomic E-state index is -0.0563. The molecule has 1 saturated heterocycles. The van der Waals surface area contributed by atoms with E-state index in [-0.39, 0.29) is 5.91 Å². The summed E-state index contributed by atoms with van der Waals surface area (Å²) in [4.78, 5) is 22.2. The molecular weight excluding hydrogens is 448 g/mol. The van der Waals surface area contributed by atoms with Gasteiger partial charge in [-0.3, -0.25) is 9.69 Å². The molecule has 1 fully saturated rings. The van der Waals surface area contributed by atoms with E-state index >= 15 is 0 Å². The molecular formula is C26H34N4O3S. The second kappa shape index (κ2) is 12.0. The fraction of sp³-hybridized carbons (Fsp3) is 0.462. The number of hydrogen-bond donors (Lipinski definition) is 1. The third-order valence-corrected chi connectivity index (χ3v) is 6.97. The number of ether oxygens (including phenoxy) is 2. The highest BCUT2D eigenvalue weighted by Crippen LogP contribution is 2.34. The number of fused-ring (bicyclic) bond motifs is 1. The van der Waals surface area contributed by atoms with Crippen LogP contribution in [0, 0.1) is 0 Å². The topological polar surface area (TPSA) is 66.9 Å². The number of benzene rings is 2. The first-order valence-corrected chi connectivity index (χ1v) is 13.0. The molecule has 8 heteroatoms. The molecule has 0 radical (unpaired) electrons. The molecule has 182 valence electrons.